The summed E-state index contributed by atoms with van der Waals surface area (Å²) in [6, 6.07) is 12.3. The molecule has 88 valence electrons. The Morgan fingerprint density at radius 2 is 1.65 bits per heavy atom. The first-order valence-electron chi connectivity index (χ1n) is 5.02. The Morgan fingerprint density at radius 3 is 2.29 bits per heavy atom. The van der Waals surface area contributed by atoms with Crippen molar-refractivity contribution in [2.75, 3.05) is 0 Å². The third kappa shape index (κ3) is 2.91. The number of hydrogen-bond acceptors (Lipinski definition) is 2. The highest BCUT2D eigenvalue weighted by Gasteiger charge is 2.06. The summed E-state index contributed by atoms with van der Waals surface area (Å²) >= 11 is 12.0. The molecule has 0 heterocycles. The predicted octanol–water partition coefficient (Wildman–Crippen LogP) is 4.28. The van der Waals surface area contributed by atoms with Crippen LogP contribution in [0, 0.1) is 0 Å². The third-order valence-corrected chi connectivity index (χ3v) is 2.84. The lowest BCUT2D eigenvalue weighted by atomic mass is 10.2. The van der Waals surface area contributed by atoms with Crippen molar-refractivity contribution in [3.63, 3.8) is 0 Å². The van der Waals surface area contributed by atoms with Crippen LogP contribution in [0.25, 0.3) is 0 Å². The van der Waals surface area contributed by atoms with Crippen LogP contribution in [0.2, 0.25) is 10.0 Å². The average Bonchev–Trinajstić information content (AvgIpc) is 2.34. The summed E-state index contributed by atoms with van der Waals surface area (Å²) in [4.78, 5) is 0. The third-order valence-electron chi connectivity index (χ3n) is 2.24. The van der Waals surface area contributed by atoms with Gasteiger partial charge < -0.3 is 9.84 Å². The molecule has 4 heteroatoms. The second-order valence-electron chi connectivity index (χ2n) is 3.46. The van der Waals surface area contributed by atoms with E-state index in [1.54, 1.807) is 30.3 Å². The van der Waals surface area contributed by atoms with Crippen LogP contribution in [0.1, 0.15) is 5.56 Å². The fourth-order valence-corrected chi connectivity index (χ4v) is 1.79. The van der Waals surface area contributed by atoms with E-state index >= 15 is 0 Å². The standard InChI is InChI=1S/C13H10Cl2O2/c14-10-3-1-2-4-12(10)17-13-6-5-9(8-16)7-11(13)15/h1-7,16H,8H2. The van der Waals surface area contributed by atoms with Gasteiger partial charge in [-0.15, -0.1) is 0 Å². The van der Waals surface area contributed by atoms with Gasteiger partial charge in [0.15, 0.2) is 0 Å². The maximum absolute atomic E-state index is 8.97. The molecule has 2 aromatic rings. The lowest BCUT2D eigenvalue weighted by Crippen LogP contribution is -1.88. The number of hydrogen-bond donors (Lipinski definition) is 1. The zero-order chi connectivity index (χ0) is 12.3. The summed E-state index contributed by atoms with van der Waals surface area (Å²) < 4.78 is 5.59. The van der Waals surface area contributed by atoms with E-state index in [0.717, 1.165) is 5.56 Å². The summed E-state index contributed by atoms with van der Waals surface area (Å²) in [5.74, 6) is 1.06. The Kier molecular flexibility index (Phi) is 3.89. The molecule has 0 aliphatic carbocycles. The molecule has 0 bridgehead atoms. The molecule has 0 aliphatic heterocycles. The molecule has 0 amide bonds. The topological polar surface area (TPSA) is 29.5 Å². The molecule has 0 radical (unpaired) electrons. The molecule has 2 aromatic carbocycles. The fraction of sp³-hybridized carbons (Fsp3) is 0.0769. The molecule has 17 heavy (non-hydrogen) atoms. The quantitative estimate of drug-likeness (QED) is 0.901. The number of aliphatic hydroxyl groups is 1. The van der Waals surface area contributed by atoms with Crippen molar-refractivity contribution >= 4 is 23.2 Å². The zero-order valence-electron chi connectivity index (χ0n) is 8.86. The van der Waals surface area contributed by atoms with Crippen molar-refractivity contribution in [1.29, 1.82) is 0 Å². The molecule has 0 saturated heterocycles. The van der Waals surface area contributed by atoms with Gasteiger partial charge in [-0.3, -0.25) is 0 Å². The van der Waals surface area contributed by atoms with E-state index in [9.17, 15) is 0 Å². The molecule has 0 atom stereocenters. The number of benzene rings is 2. The molecular weight excluding hydrogens is 259 g/mol. The Morgan fingerprint density at radius 1 is 0.941 bits per heavy atom. The largest absolute Gasteiger partial charge is 0.454 e. The molecule has 0 saturated carbocycles. The molecule has 2 rings (SSSR count). The van der Waals surface area contributed by atoms with Crippen molar-refractivity contribution < 1.29 is 9.84 Å². The van der Waals surface area contributed by atoms with Crippen LogP contribution >= 0.6 is 23.2 Å². The van der Waals surface area contributed by atoms with Crippen molar-refractivity contribution in [2.45, 2.75) is 6.61 Å². The van der Waals surface area contributed by atoms with Gasteiger partial charge in [0.2, 0.25) is 0 Å². The monoisotopic (exact) mass is 268 g/mol. The molecule has 0 spiro atoms. The van der Waals surface area contributed by atoms with Gasteiger partial charge in [0.1, 0.15) is 11.5 Å². The van der Waals surface area contributed by atoms with Gasteiger partial charge in [0.25, 0.3) is 0 Å². The van der Waals surface area contributed by atoms with Crippen LogP contribution in [0.3, 0.4) is 0 Å². The molecule has 1 N–H and O–H groups in total. The maximum Gasteiger partial charge on any atom is 0.146 e. The Balaban J connectivity index is 2.28. The smallest absolute Gasteiger partial charge is 0.146 e. The van der Waals surface area contributed by atoms with Gasteiger partial charge in [0, 0.05) is 0 Å². The van der Waals surface area contributed by atoms with Crippen molar-refractivity contribution in [2.24, 2.45) is 0 Å². The van der Waals surface area contributed by atoms with E-state index in [2.05, 4.69) is 0 Å². The highest BCUT2D eigenvalue weighted by atomic mass is 35.5. The van der Waals surface area contributed by atoms with E-state index in [1.165, 1.54) is 0 Å². The summed E-state index contributed by atoms with van der Waals surface area (Å²) in [5.41, 5.74) is 0.738. The lowest BCUT2D eigenvalue weighted by Gasteiger charge is -2.09. The summed E-state index contributed by atoms with van der Waals surface area (Å²) in [5, 5.41) is 9.93. The van der Waals surface area contributed by atoms with Crippen LogP contribution in [0.15, 0.2) is 42.5 Å². The van der Waals surface area contributed by atoms with Gasteiger partial charge in [-0.1, -0.05) is 41.4 Å². The first-order chi connectivity index (χ1) is 8.20. The molecule has 2 nitrogen and oxygen atoms in total. The van der Waals surface area contributed by atoms with Gasteiger partial charge in [-0.2, -0.15) is 0 Å². The Bertz CT molecular complexity index is 527. The maximum atomic E-state index is 8.97. The van der Waals surface area contributed by atoms with Gasteiger partial charge >= 0.3 is 0 Å². The summed E-state index contributed by atoms with van der Waals surface area (Å²) in [6.45, 7) is -0.0495. The van der Waals surface area contributed by atoms with E-state index in [4.69, 9.17) is 33.0 Å². The van der Waals surface area contributed by atoms with Crippen LogP contribution < -0.4 is 4.74 Å². The van der Waals surface area contributed by atoms with Crippen molar-refractivity contribution in [1.82, 2.24) is 0 Å². The number of ether oxygens (including phenoxy) is 1. The average molecular weight is 269 g/mol. The number of halogens is 2. The lowest BCUT2D eigenvalue weighted by molar-refractivity contribution is 0.281. The molecule has 0 fully saturated rings. The molecule has 0 aliphatic rings. The van der Waals surface area contributed by atoms with Crippen LogP contribution in [-0.4, -0.2) is 5.11 Å². The minimum absolute atomic E-state index is 0.0495. The van der Waals surface area contributed by atoms with E-state index < -0.39 is 0 Å². The second-order valence-corrected chi connectivity index (χ2v) is 4.27. The van der Waals surface area contributed by atoms with E-state index in [-0.39, 0.29) is 6.61 Å². The number of aliphatic hydroxyl groups excluding tert-OH is 1. The minimum Gasteiger partial charge on any atom is -0.454 e. The molecule has 0 unspecified atom stereocenters. The summed E-state index contributed by atoms with van der Waals surface area (Å²) in [6.07, 6.45) is 0. The first kappa shape index (κ1) is 12.2. The number of para-hydroxylation sites is 1. The van der Waals surface area contributed by atoms with E-state index in [1.807, 2.05) is 12.1 Å². The summed E-state index contributed by atoms with van der Waals surface area (Å²) in [7, 11) is 0. The van der Waals surface area contributed by atoms with Gasteiger partial charge in [0.05, 0.1) is 16.7 Å². The molecular formula is C13H10Cl2O2. The van der Waals surface area contributed by atoms with Crippen molar-refractivity contribution in [3.05, 3.63) is 58.1 Å². The van der Waals surface area contributed by atoms with Gasteiger partial charge in [-0.25, -0.2) is 0 Å². The van der Waals surface area contributed by atoms with Crippen molar-refractivity contribution in [3.8, 4) is 11.5 Å². The van der Waals surface area contributed by atoms with E-state index in [0.29, 0.717) is 21.5 Å². The zero-order valence-corrected chi connectivity index (χ0v) is 10.4. The minimum atomic E-state index is -0.0495. The van der Waals surface area contributed by atoms with Crippen LogP contribution in [-0.2, 0) is 6.61 Å². The van der Waals surface area contributed by atoms with Crippen LogP contribution in [0.4, 0.5) is 0 Å². The second kappa shape index (κ2) is 5.41. The molecule has 0 aromatic heterocycles. The highest BCUT2D eigenvalue weighted by molar-refractivity contribution is 6.32. The van der Waals surface area contributed by atoms with Crippen LogP contribution in [0.5, 0.6) is 11.5 Å². The Labute approximate surface area is 109 Å². The normalized spacial score (nSPS) is 10.3. The number of rotatable bonds is 3. The predicted molar refractivity (Wildman–Crippen MR) is 68.9 cm³/mol. The first-order valence-corrected chi connectivity index (χ1v) is 5.78. The Hall–Kier alpha value is -1.22. The fourth-order valence-electron chi connectivity index (χ4n) is 1.37. The SMILES string of the molecule is OCc1ccc(Oc2ccccc2Cl)c(Cl)c1. The van der Waals surface area contributed by atoms with Gasteiger partial charge in [-0.05, 0) is 29.8 Å². The highest BCUT2D eigenvalue weighted by Crippen LogP contribution is 2.33.